The molecule has 5 aliphatic rings. The third-order valence-electron chi connectivity index (χ3n) is 11.6. The smallest absolute Gasteiger partial charge is 0.390 e. The van der Waals surface area contributed by atoms with Crippen molar-refractivity contribution < 1.29 is 45.0 Å². The number of ketones is 2. The molecule has 3 saturated carbocycles. The number of halogens is 1. The number of fused-ring (bicyclic) bond motifs is 7. The minimum absolute atomic E-state index is 0.0946. The Labute approximate surface area is 242 Å². The maximum absolute atomic E-state index is 17.5. The molecule has 1 saturated heterocycles. The fourth-order valence-electron chi connectivity index (χ4n) is 9.30. The zero-order chi connectivity index (χ0) is 30.4. The molecule has 0 bridgehead atoms. The summed E-state index contributed by atoms with van der Waals surface area (Å²) in [6.07, 6.45) is 3.33. The van der Waals surface area contributed by atoms with Gasteiger partial charge in [0.1, 0.15) is 6.61 Å². The summed E-state index contributed by atoms with van der Waals surface area (Å²) < 4.78 is 62.1. The van der Waals surface area contributed by atoms with Crippen molar-refractivity contribution in [3.8, 4) is 0 Å². The molecule has 11 heteroatoms. The maximum atomic E-state index is 17.5. The van der Waals surface area contributed by atoms with Gasteiger partial charge in [-0.2, -0.15) is 3.89 Å². The SMILES string of the molecule is CC[N+](CC)(CC)S(=O)(=O)OCC(=O)[C@@]12OC(C)(C)O[C@@H]1C[C@H]1[C@@H]3CCC4=CC(=O)C=C[C@]4(C)[C@@]3(F)[C@@H](O)C[C@@]12C. The standard InChI is InChI=1S/C30H45FNO8S/c1-8-32(9-2,10-3)41(36,37)38-18-24(35)30-25(39-26(4,5)40-30)16-22-21-12-11-19-15-20(33)13-14-27(19,6)29(21,31)23(34)17-28(22,30)7/h13-15,21-23,25,34H,8-12,16-18H2,1-7H3/q+1/t21-,22-,23-,25+,27-,28-,29-,30+/m0/s1. The molecular formula is C30H45FNO8S+. The number of hydrogen-bond acceptors (Lipinski definition) is 8. The number of ether oxygens (including phenoxy) is 2. The maximum Gasteiger partial charge on any atom is 0.435 e. The summed E-state index contributed by atoms with van der Waals surface area (Å²) in [5, 5.41) is 11.7. The molecule has 0 aromatic carbocycles. The predicted octanol–water partition coefficient (Wildman–Crippen LogP) is 3.56. The Morgan fingerprint density at radius 2 is 1.78 bits per heavy atom. The lowest BCUT2D eigenvalue weighted by atomic mass is 9.44. The summed E-state index contributed by atoms with van der Waals surface area (Å²) in [5.74, 6) is -2.97. The van der Waals surface area contributed by atoms with Crippen LogP contribution in [0.1, 0.15) is 74.1 Å². The Bertz CT molecular complexity index is 1300. The van der Waals surface area contributed by atoms with Gasteiger partial charge < -0.3 is 14.6 Å². The first-order chi connectivity index (χ1) is 18.9. The molecule has 0 unspecified atom stereocenters. The van der Waals surface area contributed by atoms with Crippen molar-refractivity contribution in [2.45, 2.75) is 103 Å². The van der Waals surface area contributed by atoms with E-state index in [-0.39, 0.29) is 35.7 Å². The molecule has 1 aliphatic heterocycles. The van der Waals surface area contributed by atoms with Crippen LogP contribution in [0, 0.1) is 22.7 Å². The van der Waals surface area contributed by atoms with E-state index in [9.17, 15) is 23.1 Å². The van der Waals surface area contributed by atoms with E-state index in [0.717, 1.165) is 0 Å². The van der Waals surface area contributed by atoms with Crippen LogP contribution in [0.2, 0.25) is 0 Å². The highest BCUT2D eigenvalue weighted by Gasteiger charge is 2.80. The molecule has 230 valence electrons. The summed E-state index contributed by atoms with van der Waals surface area (Å²) in [5.41, 5.74) is -5.26. The van der Waals surface area contributed by atoms with Gasteiger partial charge in [-0.05, 0) is 85.3 Å². The van der Waals surface area contributed by atoms with Crippen molar-refractivity contribution in [2.75, 3.05) is 26.2 Å². The highest BCUT2D eigenvalue weighted by molar-refractivity contribution is 7.81. The first-order valence-electron chi connectivity index (χ1n) is 14.9. The van der Waals surface area contributed by atoms with Crippen molar-refractivity contribution in [2.24, 2.45) is 22.7 Å². The number of rotatable bonds is 8. The van der Waals surface area contributed by atoms with Crippen LogP contribution >= 0.6 is 0 Å². The number of allylic oxidation sites excluding steroid dienone is 4. The molecule has 4 fully saturated rings. The van der Waals surface area contributed by atoms with Gasteiger partial charge in [0.2, 0.25) is 0 Å². The van der Waals surface area contributed by atoms with Gasteiger partial charge >= 0.3 is 10.3 Å². The molecule has 0 amide bonds. The van der Waals surface area contributed by atoms with Gasteiger partial charge in [-0.15, -0.1) is 8.42 Å². The average Bonchev–Trinajstić information content (AvgIpc) is 3.31. The summed E-state index contributed by atoms with van der Waals surface area (Å²) in [4.78, 5) is 26.4. The van der Waals surface area contributed by atoms with Gasteiger partial charge in [-0.25, -0.2) is 8.57 Å². The summed E-state index contributed by atoms with van der Waals surface area (Å²) in [7, 11) is -4.16. The quantitative estimate of drug-likeness (QED) is 0.422. The minimum atomic E-state index is -4.16. The molecule has 0 radical (unpaired) electrons. The highest BCUT2D eigenvalue weighted by Crippen LogP contribution is 2.72. The lowest BCUT2D eigenvalue weighted by Gasteiger charge is -2.62. The third-order valence-corrected chi connectivity index (χ3v) is 13.7. The van der Waals surface area contributed by atoms with Crippen molar-refractivity contribution >= 4 is 21.9 Å². The highest BCUT2D eigenvalue weighted by atomic mass is 32.2. The van der Waals surface area contributed by atoms with Crippen LogP contribution in [0.25, 0.3) is 0 Å². The van der Waals surface area contributed by atoms with Gasteiger partial charge in [0, 0.05) is 16.7 Å². The molecule has 41 heavy (non-hydrogen) atoms. The fourth-order valence-corrected chi connectivity index (χ4v) is 10.7. The zero-order valence-electron chi connectivity index (χ0n) is 25.2. The number of alkyl halides is 1. The first kappa shape index (κ1) is 30.9. The normalized spacial score (nSPS) is 43.1. The largest absolute Gasteiger partial charge is 0.435 e. The van der Waals surface area contributed by atoms with Crippen LogP contribution in [0.15, 0.2) is 23.8 Å². The van der Waals surface area contributed by atoms with Gasteiger partial charge in [0.15, 0.2) is 28.6 Å². The van der Waals surface area contributed by atoms with Gasteiger partial charge in [0.25, 0.3) is 0 Å². The number of carbonyl (C=O) groups excluding carboxylic acids is 2. The van der Waals surface area contributed by atoms with Crippen molar-refractivity contribution in [3.05, 3.63) is 23.8 Å². The molecule has 5 rings (SSSR count). The van der Waals surface area contributed by atoms with Gasteiger partial charge in [0.05, 0.1) is 31.8 Å². The summed E-state index contributed by atoms with van der Waals surface area (Å²) in [6.45, 7) is 12.4. The third kappa shape index (κ3) is 3.84. The Hall–Kier alpha value is -1.50. The topological polar surface area (TPSA) is 116 Å². The first-order valence-corrected chi connectivity index (χ1v) is 16.3. The summed E-state index contributed by atoms with van der Waals surface area (Å²) in [6, 6.07) is 0. The second-order valence-electron chi connectivity index (χ2n) is 13.5. The van der Waals surface area contributed by atoms with E-state index in [2.05, 4.69) is 0 Å². The van der Waals surface area contributed by atoms with E-state index in [1.54, 1.807) is 47.6 Å². The molecular weight excluding hydrogens is 553 g/mol. The molecule has 0 aromatic heterocycles. The minimum Gasteiger partial charge on any atom is -0.390 e. The van der Waals surface area contributed by atoms with Crippen molar-refractivity contribution in [3.63, 3.8) is 0 Å². The molecule has 0 aromatic rings. The number of aliphatic hydroxyl groups excluding tert-OH is 1. The molecule has 4 aliphatic carbocycles. The van der Waals surface area contributed by atoms with Gasteiger partial charge in [-0.1, -0.05) is 18.6 Å². The Kier molecular flexibility index (Phi) is 7.17. The van der Waals surface area contributed by atoms with Crippen LogP contribution in [0.3, 0.4) is 0 Å². The number of Topliss-reactive ketones (excluding diaryl/α,β-unsaturated/α-hetero) is 1. The lowest BCUT2D eigenvalue weighted by molar-refractivity contribution is -0.805. The number of carbonyl (C=O) groups is 2. The second kappa shape index (κ2) is 9.50. The predicted molar refractivity (Wildman–Crippen MR) is 148 cm³/mol. The number of aliphatic hydroxyl groups is 1. The van der Waals surface area contributed by atoms with Crippen LogP contribution in [-0.2, 0) is 33.6 Å². The summed E-state index contributed by atoms with van der Waals surface area (Å²) >= 11 is 0. The Morgan fingerprint density at radius 3 is 2.39 bits per heavy atom. The van der Waals surface area contributed by atoms with E-state index in [0.29, 0.717) is 24.8 Å². The van der Waals surface area contributed by atoms with Crippen molar-refractivity contribution in [1.82, 2.24) is 0 Å². The fraction of sp³-hybridized carbons (Fsp3) is 0.800. The number of nitrogens with zero attached hydrogens (tertiary/aromatic N) is 1. The van der Waals surface area contributed by atoms with E-state index < -0.39 is 74.6 Å². The van der Waals surface area contributed by atoms with Gasteiger partial charge in [-0.3, -0.25) is 9.59 Å². The Balaban J connectivity index is 1.53. The van der Waals surface area contributed by atoms with E-state index in [1.165, 1.54) is 12.2 Å². The van der Waals surface area contributed by atoms with E-state index in [4.69, 9.17) is 13.7 Å². The second-order valence-corrected chi connectivity index (χ2v) is 15.3. The van der Waals surface area contributed by atoms with E-state index >= 15 is 4.39 Å². The molecule has 1 N–H and O–H groups in total. The van der Waals surface area contributed by atoms with E-state index in [1.807, 2.05) is 6.92 Å². The Morgan fingerprint density at radius 1 is 1.15 bits per heavy atom. The molecule has 8 atom stereocenters. The molecule has 9 nitrogen and oxygen atoms in total. The molecule has 0 spiro atoms. The lowest BCUT2D eigenvalue weighted by Crippen LogP contribution is -2.70. The zero-order valence-corrected chi connectivity index (χ0v) is 26.1. The number of hydrogen-bond donors (Lipinski definition) is 1. The monoisotopic (exact) mass is 598 g/mol. The van der Waals surface area contributed by atoms with Crippen molar-refractivity contribution in [1.29, 1.82) is 0 Å². The number of quaternary nitrogens is 1. The molecule has 1 heterocycles. The van der Waals surface area contributed by atoms with Crippen LogP contribution < -0.4 is 0 Å². The van der Waals surface area contributed by atoms with Crippen LogP contribution in [0.5, 0.6) is 0 Å². The average molecular weight is 599 g/mol. The van der Waals surface area contributed by atoms with Crippen LogP contribution in [-0.4, -0.2) is 84.5 Å². The van der Waals surface area contributed by atoms with Crippen LogP contribution in [0.4, 0.5) is 4.39 Å².